The Morgan fingerprint density at radius 2 is 1.96 bits per heavy atom. The van der Waals surface area contributed by atoms with E-state index in [1.54, 1.807) is 4.90 Å². The monoisotopic (exact) mass is 343 g/mol. The molecule has 4 unspecified atom stereocenters. The first kappa shape index (κ1) is 16.7. The zero-order chi connectivity index (χ0) is 16.6. The molecule has 4 atom stereocenters. The van der Waals surface area contributed by atoms with E-state index < -0.39 is 9.84 Å². The summed E-state index contributed by atoms with van der Waals surface area (Å²) in [6.07, 6.45) is 4.81. The lowest BCUT2D eigenvalue weighted by atomic mass is 9.89. The first-order valence-corrected chi connectivity index (χ1v) is 10.4. The summed E-state index contributed by atoms with van der Waals surface area (Å²) < 4.78 is 28.4. The molecule has 3 aliphatic rings. The van der Waals surface area contributed by atoms with Gasteiger partial charge in [-0.15, -0.1) is 0 Å². The Hall–Kier alpha value is -1.11. The second-order valence-corrected chi connectivity index (χ2v) is 9.35. The van der Waals surface area contributed by atoms with Crippen molar-refractivity contribution < 1.29 is 22.7 Å². The highest BCUT2D eigenvalue weighted by molar-refractivity contribution is 7.91. The molecule has 0 radical (unpaired) electrons. The molecule has 7 heteroatoms. The number of amides is 1. The third kappa shape index (κ3) is 3.54. The lowest BCUT2D eigenvalue weighted by Crippen LogP contribution is -2.43. The highest BCUT2D eigenvalue weighted by Gasteiger charge is 2.44. The van der Waals surface area contributed by atoms with Crippen LogP contribution in [0, 0.1) is 17.8 Å². The summed E-state index contributed by atoms with van der Waals surface area (Å²) >= 11 is 0. The van der Waals surface area contributed by atoms with Gasteiger partial charge in [-0.3, -0.25) is 9.59 Å². The van der Waals surface area contributed by atoms with Gasteiger partial charge in [-0.1, -0.05) is 6.42 Å². The Morgan fingerprint density at radius 3 is 2.48 bits per heavy atom. The maximum Gasteiger partial charge on any atom is 0.309 e. The number of rotatable bonds is 5. The zero-order valence-corrected chi connectivity index (χ0v) is 14.4. The van der Waals surface area contributed by atoms with Gasteiger partial charge in [0.15, 0.2) is 16.4 Å². The summed E-state index contributed by atoms with van der Waals surface area (Å²) in [6, 6.07) is -0.279. The van der Waals surface area contributed by atoms with Gasteiger partial charge >= 0.3 is 5.97 Å². The van der Waals surface area contributed by atoms with Crippen LogP contribution >= 0.6 is 0 Å². The van der Waals surface area contributed by atoms with Crippen molar-refractivity contribution in [3.63, 3.8) is 0 Å². The normalized spacial score (nSPS) is 34.5. The van der Waals surface area contributed by atoms with E-state index in [0.717, 1.165) is 19.3 Å². The Morgan fingerprint density at radius 1 is 1.17 bits per heavy atom. The van der Waals surface area contributed by atoms with Crippen molar-refractivity contribution in [2.45, 2.75) is 45.1 Å². The smallest absolute Gasteiger partial charge is 0.309 e. The van der Waals surface area contributed by atoms with E-state index in [0.29, 0.717) is 24.8 Å². The topological polar surface area (TPSA) is 80.8 Å². The third-order valence-electron chi connectivity index (χ3n) is 5.69. The molecule has 2 aliphatic carbocycles. The fourth-order valence-electron chi connectivity index (χ4n) is 4.52. The van der Waals surface area contributed by atoms with Gasteiger partial charge in [0.1, 0.15) is 0 Å². The number of sulfone groups is 1. The summed E-state index contributed by atoms with van der Waals surface area (Å²) in [7, 11) is -3.04. The van der Waals surface area contributed by atoms with Crippen LogP contribution in [-0.4, -0.2) is 55.9 Å². The Kier molecular flexibility index (Phi) is 4.67. The van der Waals surface area contributed by atoms with Crippen LogP contribution in [0.4, 0.5) is 0 Å². The Balaban J connectivity index is 1.51. The summed E-state index contributed by atoms with van der Waals surface area (Å²) in [5.41, 5.74) is 0. The molecule has 3 rings (SSSR count). The molecular formula is C16H25NO5S. The number of esters is 1. The summed E-state index contributed by atoms with van der Waals surface area (Å²) in [5.74, 6) is 0.670. The van der Waals surface area contributed by atoms with Gasteiger partial charge in [-0.2, -0.15) is 0 Å². The standard InChI is InChI=1S/C16H25NO5S/c1-2-17(13-5-6-23(20,21)10-13)15(18)9-22-16(19)14-8-11-3-4-12(14)7-11/h11-14H,2-10H2,1H3. The number of ether oxygens (including phenoxy) is 1. The Labute approximate surface area is 137 Å². The number of hydrogen-bond donors (Lipinski definition) is 0. The van der Waals surface area contributed by atoms with Gasteiger partial charge in [-0.05, 0) is 44.4 Å². The van der Waals surface area contributed by atoms with E-state index in [1.165, 1.54) is 6.42 Å². The van der Waals surface area contributed by atoms with Crippen LogP contribution in [0.5, 0.6) is 0 Å². The number of likely N-dealkylation sites (N-methyl/N-ethyl adjacent to an activating group) is 1. The van der Waals surface area contributed by atoms with E-state index in [-0.39, 0.29) is 41.9 Å². The van der Waals surface area contributed by atoms with Gasteiger partial charge in [0.2, 0.25) is 0 Å². The van der Waals surface area contributed by atoms with Gasteiger partial charge in [0.05, 0.1) is 17.4 Å². The molecule has 0 aromatic carbocycles. The molecule has 2 saturated carbocycles. The van der Waals surface area contributed by atoms with Crippen molar-refractivity contribution in [1.29, 1.82) is 0 Å². The minimum Gasteiger partial charge on any atom is -0.455 e. The summed E-state index contributed by atoms with van der Waals surface area (Å²) in [6.45, 7) is 1.99. The van der Waals surface area contributed by atoms with Crippen molar-refractivity contribution in [1.82, 2.24) is 4.90 Å². The van der Waals surface area contributed by atoms with E-state index in [4.69, 9.17) is 4.74 Å². The van der Waals surface area contributed by atoms with Crippen molar-refractivity contribution in [3.05, 3.63) is 0 Å². The van der Waals surface area contributed by atoms with Crippen molar-refractivity contribution in [3.8, 4) is 0 Å². The minimum absolute atomic E-state index is 0.0207. The molecule has 0 aromatic rings. The first-order chi connectivity index (χ1) is 10.9. The van der Waals surface area contributed by atoms with E-state index in [1.807, 2.05) is 6.92 Å². The van der Waals surface area contributed by atoms with Crippen molar-refractivity contribution in [2.24, 2.45) is 17.8 Å². The lowest BCUT2D eigenvalue weighted by molar-refractivity contribution is -0.157. The fraction of sp³-hybridized carbons (Fsp3) is 0.875. The van der Waals surface area contributed by atoms with Crippen LogP contribution in [-0.2, 0) is 24.2 Å². The predicted octanol–water partition coefficient (Wildman–Crippen LogP) is 1.00. The quantitative estimate of drug-likeness (QED) is 0.696. The molecule has 3 fully saturated rings. The third-order valence-corrected chi connectivity index (χ3v) is 7.44. The summed E-state index contributed by atoms with van der Waals surface area (Å²) in [5, 5.41) is 0. The molecule has 23 heavy (non-hydrogen) atoms. The highest BCUT2D eigenvalue weighted by Crippen LogP contribution is 2.48. The molecule has 0 spiro atoms. The number of carbonyl (C=O) groups is 2. The van der Waals surface area contributed by atoms with Crippen LogP contribution < -0.4 is 0 Å². The lowest BCUT2D eigenvalue weighted by Gasteiger charge is -2.27. The van der Waals surface area contributed by atoms with Crippen LogP contribution in [0.2, 0.25) is 0 Å². The molecule has 0 aromatic heterocycles. The van der Waals surface area contributed by atoms with Crippen LogP contribution in [0.3, 0.4) is 0 Å². The molecule has 6 nitrogen and oxygen atoms in total. The maximum absolute atomic E-state index is 12.3. The molecule has 1 amide bonds. The van der Waals surface area contributed by atoms with Crippen LogP contribution in [0.25, 0.3) is 0 Å². The molecule has 130 valence electrons. The fourth-order valence-corrected chi connectivity index (χ4v) is 6.25. The SMILES string of the molecule is CCN(C(=O)COC(=O)C1CC2CCC1C2)C1CCS(=O)(=O)C1. The molecule has 0 N–H and O–H groups in total. The number of nitrogens with zero attached hydrogens (tertiary/aromatic N) is 1. The van der Waals surface area contributed by atoms with Gasteiger partial charge in [-0.25, -0.2) is 8.42 Å². The minimum atomic E-state index is -3.04. The summed E-state index contributed by atoms with van der Waals surface area (Å²) in [4.78, 5) is 26.0. The number of fused-ring (bicyclic) bond motifs is 2. The van der Waals surface area contributed by atoms with E-state index in [2.05, 4.69) is 0 Å². The van der Waals surface area contributed by atoms with Gasteiger partial charge < -0.3 is 9.64 Å². The average Bonchev–Trinajstić information content (AvgIpc) is 3.21. The van der Waals surface area contributed by atoms with E-state index in [9.17, 15) is 18.0 Å². The average molecular weight is 343 g/mol. The molecule has 1 heterocycles. The Bertz CT molecular complexity index is 587. The van der Waals surface area contributed by atoms with Crippen molar-refractivity contribution >= 4 is 21.7 Å². The van der Waals surface area contributed by atoms with Crippen molar-refractivity contribution in [2.75, 3.05) is 24.7 Å². The van der Waals surface area contributed by atoms with Crippen LogP contribution in [0.1, 0.15) is 39.0 Å². The predicted molar refractivity (Wildman–Crippen MR) is 84.3 cm³/mol. The maximum atomic E-state index is 12.3. The van der Waals surface area contributed by atoms with E-state index >= 15 is 0 Å². The molecule has 1 saturated heterocycles. The molecule has 2 bridgehead atoms. The molecule has 1 aliphatic heterocycles. The second kappa shape index (κ2) is 6.42. The highest BCUT2D eigenvalue weighted by atomic mass is 32.2. The van der Waals surface area contributed by atoms with Gasteiger partial charge in [0.25, 0.3) is 5.91 Å². The zero-order valence-electron chi connectivity index (χ0n) is 13.6. The molecular weight excluding hydrogens is 318 g/mol. The largest absolute Gasteiger partial charge is 0.455 e. The number of hydrogen-bond acceptors (Lipinski definition) is 5. The first-order valence-electron chi connectivity index (χ1n) is 8.56. The second-order valence-electron chi connectivity index (χ2n) is 7.13. The van der Waals surface area contributed by atoms with Crippen LogP contribution in [0.15, 0.2) is 0 Å². The number of carbonyl (C=O) groups excluding carboxylic acids is 2. The van der Waals surface area contributed by atoms with Gasteiger partial charge in [0, 0.05) is 12.6 Å².